The van der Waals surface area contributed by atoms with Gasteiger partial charge in [-0.3, -0.25) is 9.59 Å². The average molecular weight is 267 g/mol. The molecule has 0 aromatic heterocycles. The molecule has 0 bridgehead atoms. The summed E-state index contributed by atoms with van der Waals surface area (Å²) in [5, 5.41) is 2.81. The van der Waals surface area contributed by atoms with Gasteiger partial charge < -0.3 is 5.32 Å². The van der Waals surface area contributed by atoms with Crippen molar-refractivity contribution < 1.29 is 9.59 Å². The van der Waals surface area contributed by atoms with Crippen LogP contribution < -0.4 is 5.32 Å². The number of ketones is 1. The van der Waals surface area contributed by atoms with Gasteiger partial charge in [0.1, 0.15) is 0 Å². The molecule has 0 spiro atoms. The minimum atomic E-state index is -0.0884. The monoisotopic (exact) mass is 267 g/mol. The van der Waals surface area contributed by atoms with E-state index in [2.05, 4.69) is 5.32 Å². The van der Waals surface area contributed by atoms with Crippen molar-refractivity contribution in [1.82, 2.24) is 0 Å². The van der Waals surface area contributed by atoms with Gasteiger partial charge in [0.05, 0.1) is 6.42 Å². The van der Waals surface area contributed by atoms with E-state index in [1.54, 1.807) is 24.3 Å². The number of hydrogen-bond acceptors (Lipinski definition) is 2. The van der Waals surface area contributed by atoms with Crippen molar-refractivity contribution in [3.05, 3.63) is 65.2 Å². The number of rotatable bonds is 4. The van der Waals surface area contributed by atoms with Crippen molar-refractivity contribution in [1.29, 1.82) is 0 Å². The maximum absolute atomic E-state index is 12.0. The molecule has 0 atom stereocenters. The van der Waals surface area contributed by atoms with Gasteiger partial charge in [-0.1, -0.05) is 42.0 Å². The third kappa shape index (κ3) is 3.79. The average Bonchev–Trinajstić information content (AvgIpc) is 2.41. The quantitative estimate of drug-likeness (QED) is 0.863. The number of carbonyl (C=O) groups excluding carboxylic acids is 2. The number of benzene rings is 2. The Kier molecular flexibility index (Phi) is 4.31. The van der Waals surface area contributed by atoms with E-state index in [-0.39, 0.29) is 11.7 Å². The van der Waals surface area contributed by atoms with Crippen LogP contribution in [0.4, 0.5) is 5.69 Å². The van der Waals surface area contributed by atoms with E-state index in [0.717, 1.165) is 5.56 Å². The summed E-state index contributed by atoms with van der Waals surface area (Å²) in [5.74, 6) is -0.103. The molecule has 0 aliphatic rings. The van der Waals surface area contributed by atoms with E-state index >= 15 is 0 Å². The molecule has 1 amide bonds. The highest BCUT2D eigenvalue weighted by atomic mass is 16.1. The Morgan fingerprint density at radius 2 is 1.75 bits per heavy atom. The van der Waals surface area contributed by atoms with Crippen LogP contribution in [0.2, 0.25) is 0 Å². The Morgan fingerprint density at radius 1 is 1.05 bits per heavy atom. The molecule has 3 heteroatoms. The molecule has 2 aromatic carbocycles. The first-order chi connectivity index (χ1) is 9.54. The van der Waals surface area contributed by atoms with E-state index in [1.807, 2.05) is 31.2 Å². The zero-order valence-electron chi connectivity index (χ0n) is 11.6. The number of amides is 1. The van der Waals surface area contributed by atoms with Crippen molar-refractivity contribution in [3.8, 4) is 0 Å². The van der Waals surface area contributed by atoms with E-state index in [4.69, 9.17) is 0 Å². The largest absolute Gasteiger partial charge is 0.326 e. The van der Waals surface area contributed by atoms with Crippen LogP contribution in [0.25, 0.3) is 0 Å². The van der Waals surface area contributed by atoms with Crippen LogP contribution in [0.1, 0.15) is 28.4 Å². The molecule has 102 valence electrons. The lowest BCUT2D eigenvalue weighted by Crippen LogP contribution is -2.14. The molecule has 0 radical (unpaired) electrons. The first kappa shape index (κ1) is 14.0. The predicted molar refractivity (Wildman–Crippen MR) is 80.0 cm³/mol. The highest BCUT2D eigenvalue weighted by molar-refractivity contribution is 5.97. The second kappa shape index (κ2) is 6.15. The molecule has 3 nitrogen and oxygen atoms in total. The summed E-state index contributed by atoms with van der Waals surface area (Å²) >= 11 is 0. The smallest absolute Gasteiger partial charge is 0.228 e. The third-order valence-electron chi connectivity index (χ3n) is 3.04. The van der Waals surface area contributed by atoms with Gasteiger partial charge in [0, 0.05) is 11.3 Å². The normalized spacial score (nSPS) is 10.1. The Morgan fingerprint density at radius 3 is 2.40 bits per heavy atom. The summed E-state index contributed by atoms with van der Waals surface area (Å²) in [4.78, 5) is 23.2. The maximum Gasteiger partial charge on any atom is 0.228 e. The lowest BCUT2D eigenvalue weighted by atomic mass is 10.1. The Balaban J connectivity index is 2.02. The number of aryl methyl sites for hydroxylation is 1. The number of anilines is 1. The van der Waals surface area contributed by atoms with Crippen LogP contribution >= 0.6 is 0 Å². The molecule has 0 aliphatic carbocycles. The van der Waals surface area contributed by atoms with Gasteiger partial charge in [0.15, 0.2) is 5.78 Å². The van der Waals surface area contributed by atoms with E-state index in [0.29, 0.717) is 17.7 Å². The van der Waals surface area contributed by atoms with Crippen LogP contribution in [0.15, 0.2) is 48.5 Å². The summed E-state index contributed by atoms with van der Waals surface area (Å²) in [6.45, 7) is 3.52. The molecule has 0 unspecified atom stereocenters. The van der Waals surface area contributed by atoms with Crippen LogP contribution in [-0.4, -0.2) is 11.7 Å². The van der Waals surface area contributed by atoms with Crippen LogP contribution in [0, 0.1) is 6.92 Å². The van der Waals surface area contributed by atoms with Crippen molar-refractivity contribution in [2.75, 3.05) is 5.32 Å². The summed E-state index contributed by atoms with van der Waals surface area (Å²) in [6, 6.07) is 14.8. The van der Waals surface area contributed by atoms with Crippen molar-refractivity contribution >= 4 is 17.4 Å². The number of Topliss-reactive ketones (excluding diaryl/α,β-unsaturated/α-hetero) is 1. The summed E-state index contributed by atoms with van der Waals surface area (Å²) in [5.41, 5.74) is 3.38. The minimum Gasteiger partial charge on any atom is -0.326 e. The molecule has 2 rings (SSSR count). The number of carbonyl (C=O) groups is 2. The third-order valence-corrected chi connectivity index (χ3v) is 3.04. The van der Waals surface area contributed by atoms with Gasteiger partial charge in [-0.25, -0.2) is 0 Å². The molecular formula is C17H17NO2. The molecule has 0 saturated heterocycles. The van der Waals surface area contributed by atoms with Crippen LogP contribution in [-0.2, 0) is 11.2 Å². The van der Waals surface area contributed by atoms with Crippen molar-refractivity contribution in [3.63, 3.8) is 0 Å². The van der Waals surface area contributed by atoms with Gasteiger partial charge in [0.25, 0.3) is 0 Å². The zero-order valence-corrected chi connectivity index (χ0v) is 11.6. The lowest BCUT2D eigenvalue weighted by Gasteiger charge is -2.06. The Bertz CT molecular complexity index is 630. The van der Waals surface area contributed by atoms with Gasteiger partial charge in [-0.15, -0.1) is 0 Å². The van der Waals surface area contributed by atoms with Crippen LogP contribution in [0.5, 0.6) is 0 Å². The predicted octanol–water partition coefficient (Wildman–Crippen LogP) is 3.38. The second-order valence-corrected chi connectivity index (χ2v) is 4.85. The highest BCUT2D eigenvalue weighted by Crippen LogP contribution is 2.12. The molecule has 1 N–H and O–H groups in total. The Hall–Kier alpha value is -2.42. The lowest BCUT2D eigenvalue weighted by molar-refractivity contribution is -0.115. The first-order valence-corrected chi connectivity index (χ1v) is 6.51. The second-order valence-electron chi connectivity index (χ2n) is 4.85. The first-order valence-electron chi connectivity index (χ1n) is 6.51. The van der Waals surface area contributed by atoms with E-state index < -0.39 is 0 Å². The molecule has 0 fully saturated rings. The van der Waals surface area contributed by atoms with Gasteiger partial charge >= 0.3 is 0 Å². The summed E-state index contributed by atoms with van der Waals surface area (Å²) < 4.78 is 0. The molecule has 20 heavy (non-hydrogen) atoms. The SMILES string of the molecule is CC(=O)c1cccc(NC(=O)Cc2ccc(C)cc2)c1. The minimum absolute atomic E-state index is 0.0142. The summed E-state index contributed by atoms with van der Waals surface area (Å²) in [7, 11) is 0. The molecule has 2 aromatic rings. The molecular weight excluding hydrogens is 250 g/mol. The fourth-order valence-corrected chi connectivity index (χ4v) is 1.91. The standard InChI is InChI=1S/C17H17NO2/c1-12-6-8-14(9-7-12)10-17(20)18-16-5-3-4-15(11-16)13(2)19/h3-9,11H,10H2,1-2H3,(H,18,20). The maximum atomic E-state index is 12.0. The highest BCUT2D eigenvalue weighted by Gasteiger charge is 2.06. The number of nitrogens with one attached hydrogen (secondary N) is 1. The fourth-order valence-electron chi connectivity index (χ4n) is 1.91. The molecule has 0 aliphatic heterocycles. The molecule has 0 heterocycles. The van der Waals surface area contributed by atoms with Gasteiger partial charge in [-0.2, -0.15) is 0 Å². The summed E-state index contributed by atoms with van der Waals surface area (Å²) in [6.07, 6.45) is 0.324. The van der Waals surface area contributed by atoms with E-state index in [9.17, 15) is 9.59 Å². The Labute approximate surface area is 118 Å². The van der Waals surface area contributed by atoms with Crippen molar-refractivity contribution in [2.24, 2.45) is 0 Å². The van der Waals surface area contributed by atoms with Crippen LogP contribution in [0.3, 0.4) is 0 Å². The number of hydrogen-bond donors (Lipinski definition) is 1. The van der Waals surface area contributed by atoms with Gasteiger partial charge in [-0.05, 0) is 31.5 Å². The van der Waals surface area contributed by atoms with Gasteiger partial charge in [0.2, 0.25) is 5.91 Å². The molecule has 0 saturated carbocycles. The zero-order chi connectivity index (χ0) is 14.5. The topological polar surface area (TPSA) is 46.2 Å². The fraction of sp³-hybridized carbons (Fsp3) is 0.176. The van der Waals surface area contributed by atoms with E-state index in [1.165, 1.54) is 12.5 Å². The van der Waals surface area contributed by atoms with Crippen molar-refractivity contribution in [2.45, 2.75) is 20.3 Å².